The normalized spacial score (nSPS) is 20.6. The summed E-state index contributed by atoms with van der Waals surface area (Å²) >= 11 is 0. The van der Waals surface area contributed by atoms with Gasteiger partial charge in [0.05, 0.1) is 0 Å². The van der Waals surface area contributed by atoms with Crippen molar-refractivity contribution < 1.29 is 14.3 Å². The van der Waals surface area contributed by atoms with Crippen LogP contribution in [0.3, 0.4) is 0 Å². The highest BCUT2D eigenvalue weighted by molar-refractivity contribution is 6.04. The van der Waals surface area contributed by atoms with Gasteiger partial charge in [-0.3, -0.25) is 4.79 Å². The van der Waals surface area contributed by atoms with Crippen molar-refractivity contribution in [2.45, 2.75) is 18.9 Å². The molecule has 0 aliphatic carbocycles. The van der Waals surface area contributed by atoms with Crippen LogP contribution < -0.4 is 10.1 Å². The average Bonchev–Trinajstić information content (AvgIpc) is 3.04. The van der Waals surface area contributed by atoms with Crippen LogP contribution in [0.5, 0.6) is 5.75 Å². The van der Waals surface area contributed by atoms with Crippen LogP contribution in [0.2, 0.25) is 0 Å². The van der Waals surface area contributed by atoms with Crippen LogP contribution in [0.25, 0.3) is 0 Å². The highest BCUT2D eigenvalue weighted by Crippen LogP contribution is 2.23. The minimum Gasteiger partial charge on any atom is -0.410 e. The molecule has 2 aromatic rings. The molecule has 3 aliphatic rings. The van der Waals surface area contributed by atoms with E-state index >= 15 is 0 Å². The monoisotopic (exact) mass is 401 g/mol. The number of benzene rings is 2. The Labute approximate surface area is 170 Å². The van der Waals surface area contributed by atoms with E-state index in [0.29, 0.717) is 23.5 Å². The van der Waals surface area contributed by atoms with Gasteiger partial charge in [0.15, 0.2) is 0 Å². The molecular formula is C21H24ClN3O3. The smallest absolute Gasteiger partial charge is 0.410 e. The van der Waals surface area contributed by atoms with E-state index in [0.717, 1.165) is 32.5 Å². The standard InChI is InChI=1S/C21H23N3O3.ClH/c25-20(16-4-2-1-3-5-16)22-17-6-8-19(9-7-17)27-21(26)24-15-14-23-12-10-18(24)11-13-23;/h1-9,18H,10-15H2,(H,22,25);1H. The second-order valence-corrected chi connectivity index (χ2v) is 6.98. The average molecular weight is 402 g/mol. The predicted octanol–water partition coefficient (Wildman–Crippen LogP) is 3.64. The van der Waals surface area contributed by atoms with Gasteiger partial charge in [0.25, 0.3) is 5.91 Å². The number of amides is 2. The topological polar surface area (TPSA) is 61.9 Å². The van der Waals surface area contributed by atoms with E-state index in [1.165, 1.54) is 0 Å². The quantitative estimate of drug-likeness (QED) is 0.852. The van der Waals surface area contributed by atoms with Gasteiger partial charge in [-0.05, 0) is 49.2 Å². The fourth-order valence-corrected chi connectivity index (χ4v) is 3.69. The van der Waals surface area contributed by atoms with Crippen molar-refractivity contribution in [3.63, 3.8) is 0 Å². The Morgan fingerprint density at radius 2 is 1.57 bits per heavy atom. The third-order valence-corrected chi connectivity index (χ3v) is 5.24. The Morgan fingerprint density at radius 1 is 0.893 bits per heavy atom. The highest BCUT2D eigenvalue weighted by atomic mass is 35.5. The predicted molar refractivity (Wildman–Crippen MR) is 110 cm³/mol. The van der Waals surface area contributed by atoms with Crippen molar-refractivity contribution >= 4 is 30.1 Å². The van der Waals surface area contributed by atoms with Crippen LogP contribution in [0.4, 0.5) is 10.5 Å². The molecule has 3 saturated heterocycles. The van der Waals surface area contributed by atoms with Gasteiger partial charge in [-0.25, -0.2) is 4.79 Å². The zero-order valence-corrected chi connectivity index (χ0v) is 16.4. The van der Waals surface area contributed by atoms with E-state index in [1.54, 1.807) is 36.4 Å². The number of carbonyl (C=O) groups excluding carboxylic acids is 2. The van der Waals surface area contributed by atoms with Crippen LogP contribution in [0.15, 0.2) is 54.6 Å². The molecule has 6 nitrogen and oxygen atoms in total. The molecule has 7 heteroatoms. The summed E-state index contributed by atoms with van der Waals surface area (Å²) in [5.41, 5.74) is 1.25. The molecule has 0 aromatic heterocycles. The van der Waals surface area contributed by atoms with Gasteiger partial charge >= 0.3 is 6.09 Å². The lowest BCUT2D eigenvalue weighted by atomic mass is 10.1. The maximum atomic E-state index is 12.6. The maximum absolute atomic E-state index is 12.6. The van der Waals surface area contributed by atoms with Crippen LogP contribution in [0, 0.1) is 0 Å². The molecule has 1 N–H and O–H groups in total. The SMILES string of the molecule is Cl.O=C(Nc1ccc(OC(=O)N2CCN3CCC2CC3)cc1)c1ccccc1. The summed E-state index contributed by atoms with van der Waals surface area (Å²) in [5, 5.41) is 2.84. The third-order valence-electron chi connectivity index (χ3n) is 5.24. The zero-order chi connectivity index (χ0) is 18.6. The van der Waals surface area contributed by atoms with Crippen molar-refractivity contribution in [2.75, 3.05) is 31.5 Å². The summed E-state index contributed by atoms with van der Waals surface area (Å²) in [6.45, 7) is 3.75. The number of carbonyl (C=O) groups is 2. The highest BCUT2D eigenvalue weighted by Gasteiger charge is 2.32. The summed E-state index contributed by atoms with van der Waals surface area (Å²) < 4.78 is 5.56. The molecule has 0 radical (unpaired) electrons. The molecular weight excluding hydrogens is 378 g/mol. The molecule has 28 heavy (non-hydrogen) atoms. The number of hydrogen-bond donors (Lipinski definition) is 1. The zero-order valence-electron chi connectivity index (χ0n) is 15.5. The molecule has 3 aliphatic heterocycles. The second-order valence-electron chi connectivity index (χ2n) is 6.98. The molecule has 3 fully saturated rings. The summed E-state index contributed by atoms with van der Waals surface area (Å²) in [6, 6.07) is 16.2. The second kappa shape index (κ2) is 9.08. The molecule has 3 heterocycles. The molecule has 0 spiro atoms. The number of hydrogen-bond acceptors (Lipinski definition) is 4. The van der Waals surface area contributed by atoms with Crippen LogP contribution in [0.1, 0.15) is 23.2 Å². The van der Waals surface area contributed by atoms with E-state index in [9.17, 15) is 9.59 Å². The maximum Gasteiger partial charge on any atom is 0.415 e. The van der Waals surface area contributed by atoms with Gasteiger partial charge in [-0.2, -0.15) is 0 Å². The number of piperidine rings is 1. The number of ether oxygens (including phenoxy) is 1. The van der Waals surface area contributed by atoms with E-state index in [-0.39, 0.29) is 30.4 Å². The van der Waals surface area contributed by atoms with Crippen molar-refractivity contribution in [3.05, 3.63) is 60.2 Å². The van der Waals surface area contributed by atoms with Crippen molar-refractivity contribution in [3.8, 4) is 5.75 Å². The van der Waals surface area contributed by atoms with Crippen molar-refractivity contribution in [1.82, 2.24) is 9.80 Å². The lowest BCUT2D eigenvalue weighted by molar-refractivity contribution is 0.102. The first-order valence-corrected chi connectivity index (χ1v) is 9.36. The van der Waals surface area contributed by atoms with Crippen molar-refractivity contribution in [2.24, 2.45) is 0 Å². The number of fused-ring (bicyclic) bond motifs is 4. The third kappa shape index (κ3) is 4.64. The Balaban J connectivity index is 0.00000225. The molecule has 0 saturated carbocycles. The number of nitrogens with zero attached hydrogens (tertiary/aromatic N) is 2. The molecule has 2 aromatic carbocycles. The Morgan fingerprint density at radius 3 is 2.25 bits per heavy atom. The Bertz CT molecular complexity index is 805. The molecule has 5 rings (SSSR count). The summed E-state index contributed by atoms with van der Waals surface area (Å²) in [6.07, 6.45) is 1.74. The molecule has 0 unspecified atom stereocenters. The number of anilines is 1. The fourth-order valence-electron chi connectivity index (χ4n) is 3.69. The van der Waals surface area contributed by atoms with E-state index < -0.39 is 0 Å². The van der Waals surface area contributed by atoms with E-state index in [2.05, 4.69) is 10.2 Å². The first-order chi connectivity index (χ1) is 13.2. The van der Waals surface area contributed by atoms with Gasteiger partial charge in [-0.15, -0.1) is 12.4 Å². The Hall–Kier alpha value is -2.57. The number of nitrogens with one attached hydrogen (secondary N) is 1. The molecule has 0 atom stereocenters. The molecule has 2 amide bonds. The van der Waals surface area contributed by atoms with Gasteiger partial charge in [-0.1, -0.05) is 18.2 Å². The van der Waals surface area contributed by atoms with Crippen LogP contribution in [-0.4, -0.2) is 54.0 Å². The van der Waals surface area contributed by atoms with E-state index in [4.69, 9.17) is 4.74 Å². The summed E-state index contributed by atoms with van der Waals surface area (Å²) in [4.78, 5) is 29.0. The minimum atomic E-state index is -0.287. The minimum absolute atomic E-state index is 0. The lowest BCUT2D eigenvalue weighted by Gasteiger charge is -2.30. The Kier molecular flexibility index (Phi) is 6.54. The van der Waals surface area contributed by atoms with Crippen molar-refractivity contribution in [1.29, 1.82) is 0 Å². The number of halogens is 1. The van der Waals surface area contributed by atoms with Crippen LogP contribution in [-0.2, 0) is 0 Å². The lowest BCUT2D eigenvalue weighted by Crippen LogP contribution is -2.43. The van der Waals surface area contributed by atoms with Gasteiger partial charge in [0.2, 0.25) is 0 Å². The number of rotatable bonds is 3. The van der Waals surface area contributed by atoms with Crippen LogP contribution >= 0.6 is 12.4 Å². The first kappa shape index (κ1) is 20.2. The fraction of sp³-hybridized carbons (Fsp3) is 0.333. The summed E-state index contributed by atoms with van der Waals surface area (Å²) in [5.74, 6) is 0.313. The first-order valence-electron chi connectivity index (χ1n) is 9.36. The largest absolute Gasteiger partial charge is 0.415 e. The molecule has 148 valence electrons. The van der Waals surface area contributed by atoms with E-state index in [1.807, 2.05) is 23.1 Å². The van der Waals surface area contributed by atoms with Gasteiger partial charge in [0.1, 0.15) is 5.75 Å². The van der Waals surface area contributed by atoms with Gasteiger partial charge < -0.3 is 19.9 Å². The van der Waals surface area contributed by atoms with Gasteiger partial charge in [0, 0.05) is 43.5 Å². The molecule has 2 bridgehead atoms. The summed E-state index contributed by atoms with van der Waals surface area (Å²) in [7, 11) is 0.